The van der Waals surface area contributed by atoms with E-state index in [4.69, 9.17) is 11.6 Å². The first-order valence-corrected chi connectivity index (χ1v) is 10.6. The van der Waals surface area contributed by atoms with E-state index < -0.39 is 21.5 Å². The van der Waals surface area contributed by atoms with Crippen molar-refractivity contribution >= 4 is 33.0 Å². The van der Waals surface area contributed by atoms with Crippen LogP contribution in [0, 0.1) is 11.7 Å². The van der Waals surface area contributed by atoms with Crippen LogP contribution < -0.4 is 10.2 Å². The molecule has 8 heteroatoms. The van der Waals surface area contributed by atoms with Crippen molar-refractivity contribution in [3.05, 3.63) is 59.4 Å². The molecule has 1 fully saturated rings. The number of halogens is 2. The Bertz CT molecular complexity index is 902. The molecule has 0 aliphatic carbocycles. The molecule has 1 N–H and O–H groups in total. The van der Waals surface area contributed by atoms with Crippen molar-refractivity contribution in [1.82, 2.24) is 5.32 Å². The Morgan fingerprint density at radius 3 is 2.48 bits per heavy atom. The van der Waals surface area contributed by atoms with Crippen molar-refractivity contribution in [3.8, 4) is 0 Å². The Kier molecular flexibility index (Phi) is 6.01. The molecular weight excluding hydrogens is 391 g/mol. The molecule has 5 nitrogen and oxygen atoms in total. The lowest BCUT2D eigenvalue weighted by Gasteiger charge is -2.18. The van der Waals surface area contributed by atoms with E-state index in [9.17, 15) is 17.6 Å². The highest BCUT2D eigenvalue weighted by Crippen LogP contribution is 2.23. The van der Waals surface area contributed by atoms with Crippen molar-refractivity contribution in [1.29, 1.82) is 0 Å². The summed E-state index contributed by atoms with van der Waals surface area (Å²) in [5, 5.41) is 3.15. The van der Waals surface area contributed by atoms with E-state index in [0.29, 0.717) is 11.6 Å². The second kappa shape index (κ2) is 8.27. The maximum atomic E-state index is 13.0. The second-order valence-electron chi connectivity index (χ2n) is 6.59. The van der Waals surface area contributed by atoms with E-state index in [-0.39, 0.29) is 16.6 Å². The Morgan fingerprint density at radius 2 is 1.81 bits per heavy atom. The van der Waals surface area contributed by atoms with Crippen LogP contribution in [-0.2, 0) is 14.6 Å². The first-order chi connectivity index (χ1) is 12.8. The molecule has 1 aliphatic heterocycles. The molecule has 0 unspecified atom stereocenters. The van der Waals surface area contributed by atoms with Crippen LogP contribution >= 0.6 is 11.6 Å². The van der Waals surface area contributed by atoms with Gasteiger partial charge in [-0.3, -0.25) is 4.79 Å². The largest absolute Gasteiger partial charge is 0.371 e. The Balaban J connectivity index is 1.49. The van der Waals surface area contributed by atoms with E-state index in [2.05, 4.69) is 10.2 Å². The zero-order valence-corrected chi connectivity index (χ0v) is 16.1. The standard InChI is InChI=1S/C19H20ClFN2O3S/c20-15-1-7-18(8-2-15)27(25,26)13-19(24)22-11-14-9-10-23(12-14)17-5-3-16(21)4-6-17/h1-8,14H,9-13H2,(H,22,24)/t14-/m0/s1. The monoisotopic (exact) mass is 410 g/mol. The van der Waals surface area contributed by atoms with E-state index >= 15 is 0 Å². The summed E-state index contributed by atoms with van der Waals surface area (Å²) in [6.07, 6.45) is 0.877. The lowest BCUT2D eigenvalue weighted by molar-refractivity contribution is -0.118. The number of benzene rings is 2. The lowest BCUT2D eigenvalue weighted by atomic mass is 10.1. The molecule has 2 aromatic rings. The van der Waals surface area contributed by atoms with Gasteiger partial charge in [0.25, 0.3) is 0 Å². The number of rotatable bonds is 6. The maximum absolute atomic E-state index is 13.0. The van der Waals surface area contributed by atoms with Gasteiger partial charge in [-0.1, -0.05) is 11.6 Å². The fourth-order valence-corrected chi connectivity index (χ4v) is 4.38. The third-order valence-electron chi connectivity index (χ3n) is 4.56. The average Bonchev–Trinajstić information content (AvgIpc) is 3.10. The van der Waals surface area contributed by atoms with Crippen molar-refractivity contribution < 1.29 is 17.6 Å². The maximum Gasteiger partial charge on any atom is 0.235 e. The van der Waals surface area contributed by atoms with Gasteiger partial charge in [0, 0.05) is 30.3 Å². The molecule has 0 spiro atoms. The van der Waals surface area contributed by atoms with Crippen LogP contribution in [-0.4, -0.2) is 39.7 Å². The number of nitrogens with zero attached hydrogens (tertiary/aromatic N) is 1. The third-order valence-corrected chi connectivity index (χ3v) is 6.44. The molecule has 1 heterocycles. The fourth-order valence-electron chi connectivity index (χ4n) is 3.09. The van der Waals surface area contributed by atoms with Gasteiger partial charge in [0.1, 0.15) is 11.6 Å². The molecule has 0 aromatic heterocycles. The summed E-state index contributed by atoms with van der Waals surface area (Å²) in [5.74, 6) is -1.17. The van der Waals surface area contributed by atoms with Gasteiger partial charge in [0.15, 0.2) is 9.84 Å². The molecule has 0 radical (unpaired) electrons. The molecule has 0 saturated carbocycles. The molecule has 0 bridgehead atoms. The molecule has 27 heavy (non-hydrogen) atoms. The van der Waals surface area contributed by atoms with Gasteiger partial charge in [-0.25, -0.2) is 12.8 Å². The van der Waals surface area contributed by atoms with Gasteiger partial charge in [-0.05, 0) is 60.9 Å². The normalized spacial score (nSPS) is 17.1. The molecule has 1 amide bonds. The van der Waals surface area contributed by atoms with Crippen molar-refractivity contribution in [2.24, 2.45) is 5.92 Å². The number of carbonyl (C=O) groups is 1. The minimum atomic E-state index is -3.70. The Morgan fingerprint density at radius 1 is 1.15 bits per heavy atom. The van der Waals surface area contributed by atoms with Gasteiger partial charge in [-0.2, -0.15) is 0 Å². The molecular formula is C19H20ClFN2O3S. The van der Waals surface area contributed by atoms with Crippen LogP contribution in [0.1, 0.15) is 6.42 Å². The zero-order chi connectivity index (χ0) is 19.4. The van der Waals surface area contributed by atoms with Crippen LogP contribution in [0.3, 0.4) is 0 Å². The first-order valence-electron chi connectivity index (χ1n) is 8.59. The summed E-state index contributed by atoms with van der Waals surface area (Å²) in [7, 11) is -3.70. The summed E-state index contributed by atoms with van der Waals surface area (Å²) in [5.41, 5.74) is 0.940. The number of anilines is 1. The number of amides is 1. The minimum Gasteiger partial charge on any atom is -0.371 e. The molecule has 2 aromatic carbocycles. The van der Waals surface area contributed by atoms with Crippen molar-refractivity contribution in [3.63, 3.8) is 0 Å². The van der Waals surface area contributed by atoms with Gasteiger partial charge in [0.05, 0.1) is 4.90 Å². The Hall–Kier alpha value is -2.12. The number of hydrogen-bond acceptors (Lipinski definition) is 4. The highest BCUT2D eigenvalue weighted by molar-refractivity contribution is 7.92. The fraction of sp³-hybridized carbons (Fsp3) is 0.316. The summed E-state index contributed by atoms with van der Waals surface area (Å²) in [6, 6.07) is 12.1. The predicted octanol–water partition coefficient (Wildman–Crippen LogP) is 2.90. The highest BCUT2D eigenvalue weighted by atomic mass is 35.5. The van der Waals surface area contributed by atoms with Crippen LogP contribution in [0.5, 0.6) is 0 Å². The van der Waals surface area contributed by atoms with Crippen molar-refractivity contribution in [2.45, 2.75) is 11.3 Å². The van der Waals surface area contributed by atoms with E-state index in [1.54, 1.807) is 12.1 Å². The van der Waals surface area contributed by atoms with E-state index in [1.807, 2.05) is 0 Å². The predicted molar refractivity (Wildman–Crippen MR) is 103 cm³/mol. The van der Waals surface area contributed by atoms with Crippen LogP contribution in [0.2, 0.25) is 5.02 Å². The number of hydrogen-bond donors (Lipinski definition) is 1. The number of carbonyl (C=O) groups excluding carboxylic acids is 1. The highest BCUT2D eigenvalue weighted by Gasteiger charge is 2.24. The SMILES string of the molecule is O=C(CS(=O)(=O)c1ccc(Cl)cc1)NC[C@@H]1CCN(c2ccc(F)cc2)C1. The summed E-state index contributed by atoms with van der Waals surface area (Å²) in [4.78, 5) is 14.3. The first kappa shape index (κ1) is 19.6. The molecule has 144 valence electrons. The molecule has 1 saturated heterocycles. The smallest absolute Gasteiger partial charge is 0.235 e. The van der Waals surface area contributed by atoms with Gasteiger partial charge in [0.2, 0.25) is 5.91 Å². The van der Waals surface area contributed by atoms with E-state index in [0.717, 1.165) is 25.2 Å². The summed E-state index contributed by atoms with van der Waals surface area (Å²) >= 11 is 5.76. The number of sulfone groups is 1. The third kappa shape index (κ3) is 5.20. The molecule has 1 atom stereocenters. The van der Waals surface area contributed by atoms with Crippen LogP contribution in [0.15, 0.2) is 53.4 Å². The van der Waals surface area contributed by atoms with Gasteiger partial charge in [-0.15, -0.1) is 0 Å². The summed E-state index contributed by atoms with van der Waals surface area (Å²) < 4.78 is 37.6. The van der Waals surface area contributed by atoms with Crippen LogP contribution in [0.4, 0.5) is 10.1 Å². The number of nitrogens with one attached hydrogen (secondary N) is 1. The lowest BCUT2D eigenvalue weighted by Crippen LogP contribution is -2.35. The average molecular weight is 411 g/mol. The van der Waals surface area contributed by atoms with Gasteiger partial charge >= 0.3 is 0 Å². The van der Waals surface area contributed by atoms with E-state index in [1.165, 1.54) is 36.4 Å². The molecule has 3 rings (SSSR count). The topological polar surface area (TPSA) is 66.5 Å². The summed E-state index contributed by atoms with van der Waals surface area (Å²) in [6.45, 7) is 1.96. The van der Waals surface area contributed by atoms with Crippen molar-refractivity contribution in [2.75, 3.05) is 30.3 Å². The van der Waals surface area contributed by atoms with Crippen LogP contribution in [0.25, 0.3) is 0 Å². The zero-order valence-electron chi connectivity index (χ0n) is 14.6. The second-order valence-corrected chi connectivity index (χ2v) is 9.02. The quantitative estimate of drug-likeness (QED) is 0.795. The van der Waals surface area contributed by atoms with Gasteiger partial charge < -0.3 is 10.2 Å². The Labute approximate surface area is 163 Å². The molecule has 1 aliphatic rings. The minimum absolute atomic E-state index is 0.0744.